The van der Waals surface area contributed by atoms with Crippen LogP contribution in [0.5, 0.6) is 0 Å². The summed E-state index contributed by atoms with van der Waals surface area (Å²) in [5.41, 5.74) is 0.660. The first-order valence-electron chi connectivity index (χ1n) is 8.46. The van der Waals surface area contributed by atoms with Crippen LogP contribution in [-0.4, -0.2) is 12.6 Å². The lowest BCUT2D eigenvalue weighted by Gasteiger charge is -2.44. The number of hydrogen-bond donors (Lipinski definition) is 1. The predicted molar refractivity (Wildman–Crippen MR) is 79.8 cm³/mol. The lowest BCUT2D eigenvalue weighted by molar-refractivity contribution is 0.0796. The molecule has 18 heavy (non-hydrogen) atoms. The Hall–Kier alpha value is -0.0400. The van der Waals surface area contributed by atoms with Crippen molar-refractivity contribution in [3.63, 3.8) is 0 Å². The number of nitrogens with one attached hydrogen (secondary N) is 1. The Labute approximate surface area is 114 Å². The minimum Gasteiger partial charge on any atom is -0.314 e. The molecule has 2 fully saturated rings. The van der Waals surface area contributed by atoms with Gasteiger partial charge in [0.1, 0.15) is 0 Å². The molecule has 0 aliphatic heterocycles. The molecule has 0 bridgehead atoms. The summed E-state index contributed by atoms with van der Waals surface area (Å²) in [5.74, 6) is 1.02. The molecule has 2 aliphatic rings. The van der Waals surface area contributed by atoms with E-state index in [0.29, 0.717) is 11.5 Å². The maximum Gasteiger partial charge on any atom is 0.00128 e. The molecule has 1 N–H and O–H groups in total. The van der Waals surface area contributed by atoms with Crippen LogP contribution in [-0.2, 0) is 0 Å². The van der Waals surface area contributed by atoms with E-state index in [2.05, 4.69) is 19.2 Å². The van der Waals surface area contributed by atoms with Crippen LogP contribution in [0.2, 0.25) is 0 Å². The topological polar surface area (TPSA) is 12.0 Å². The fourth-order valence-corrected chi connectivity index (χ4v) is 4.28. The van der Waals surface area contributed by atoms with E-state index in [0.717, 1.165) is 5.92 Å². The molecule has 0 radical (unpaired) electrons. The summed E-state index contributed by atoms with van der Waals surface area (Å²) in [4.78, 5) is 0. The zero-order valence-corrected chi connectivity index (χ0v) is 12.6. The maximum absolute atomic E-state index is 3.77. The van der Waals surface area contributed by atoms with Gasteiger partial charge in [-0.3, -0.25) is 0 Å². The first kappa shape index (κ1) is 14.4. The minimum atomic E-state index is 0.648. The molecule has 0 heterocycles. The third-order valence-electron chi connectivity index (χ3n) is 5.43. The SMILES string of the molecule is CC(C)NCC1(C2CCCCCC2)CCCCC1. The standard InChI is InChI=1S/C17H33N/c1-15(2)18-14-17(12-8-5-9-13-17)16-10-6-3-4-7-11-16/h15-16,18H,3-14H2,1-2H3. The Morgan fingerprint density at radius 3 is 2.00 bits per heavy atom. The van der Waals surface area contributed by atoms with Crippen LogP contribution >= 0.6 is 0 Å². The van der Waals surface area contributed by atoms with Crippen LogP contribution in [0.15, 0.2) is 0 Å². The first-order chi connectivity index (χ1) is 8.73. The van der Waals surface area contributed by atoms with Gasteiger partial charge in [-0.05, 0) is 37.0 Å². The number of hydrogen-bond acceptors (Lipinski definition) is 1. The van der Waals surface area contributed by atoms with Crippen molar-refractivity contribution in [1.82, 2.24) is 5.32 Å². The molecule has 1 nitrogen and oxygen atoms in total. The molecular weight excluding hydrogens is 218 g/mol. The molecular formula is C17H33N. The van der Waals surface area contributed by atoms with E-state index in [1.54, 1.807) is 0 Å². The molecule has 2 rings (SSSR count). The van der Waals surface area contributed by atoms with E-state index >= 15 is 0 Å². The van der Waals surface area contributed by atoms with Crippen LogP contribution in [0, 0.1) is 11.3 Å². The van der Waals surface area contributed by atoms with Crippen LogP contribution in [0.4, 0.5) is 0 Å². The highest BCUT2D eigenvalue weighted by Gasteiger charge is 2.39. The van der Waals surface area contributed by atoms with Crippen molar-refractivity contribution in [3.8, 4) is 0 Å². The average molecular weight is 251 g/mol. The van der Waals surface area contributed by atoms with E-state index < -0.39 is 0 Å². The average Bonchev–Trinajstić information content (AvgIpc) is 2.67. The Morgan fingerprint density at radius 2 is 1.44 bits per heavy atom. The molecule has 0 aromatic rings. The minimum absolute atomic E-state index is 0.648. The smallest absolute Gasteiger partial charge is 0.00128 e. The van der Waals surface area contributed by atoms with Gasteiger partial charge in [0.05, 0.1) is 0 Å². The van der Waals surface area contributed by atoms with Crippen molar-refractivity contribution in [2.45, 2.75) is 90.5 Å². The van der Waals surface area contributed by atoms with E-state index in [1.807, 2.05) is 0 Å². The van der Waals surface area contributed by atoms with Gasteiger partial charge in [0.2, 0.25) is 0 Å². The summed E-state index contributed by atoms with van der Waals surface area (Å²) in [6, 6.07) is 0.648. The molecule has 0 aromatic carbocycles. The molecule has 0 spiro atoms. The summed E-state index contributed by atoms with van der Waals surface area (Å²) in [7, 11) is 0. The molecule has 0 unspecified atom stereocenters. The Morgan fingerprint density at radius 1 is 0.889 bits per heavy atom. The quantitative estimate of drug-likeness (QED) is 0.700. The van der Waals surface area contributed by atoms with Crippen molar-refractivity contribution in [2.24, 2.45) is 11.3 Å². The van der Waals surface area contributed by atoms with Crippen LogP contribution in [0.25, 0.3) is 0 Å². The summed E-state index contributed by atoms with van der Waals surface area (Å²) >= 11 is 0. The fourth-order valence-electron chi connectivity index (χ4n) is 4.28. The van der Waals surface area contributed by atoms with Crippen LogP contribution in [0.3, 0.4) is 0 Å². The second kappa shape index (κ2) is 6.93. The lowest BCUT2D eigenvalue weighted by atomic mass is 9.63. The van der Waals surface area contributed by atoms with Crippen LogP contribution in [0.1, 0.15) is 84.5 Å². The van der Waals surface area contributed by atoms with Gasteiger partial charge in [-0.25, -0.2) is 0 Å². The van der Waals surface area contributed by atoms with Crippen molar-refractivity contribution in [2.75, 3.05) is 6.54 Å². The van der Waals surface area contributed by atoms with Gasteiger partial charge in [-0.15, -0.1) is 0 Å². The predicted octanol–water partition coefficient (Wildman–Crippen LogP) is 4.91. The Balaban J connectivity index is 2.01. The highest BCUT2D eigenvalue weighted by molar-refractivity contribution is 4.91. The lowest BCUT2D eigenvalue weighted by Crippen LogP contribution is -2.44. The van der Waals surface area contributed by atoms with Gasteiger partial charge < -0.3 is 5.32 Å². The Kier molecular flexibility index (Phi) is 5.54. The Bertz CT molecular complexity index is 220. The molecule has 2 aliphatic carbocycles. The van der Waals surface area contributed by atoms with Gasteiger partial charge in [0.25, 0.3) is 0 Å². The largest absolute Gasteiger partial charge is 0.314 e. The molecule has 1 heteroatoms. The number of rotatable bonds is 4. The molecule has 0 saturated heterocycles. The van der Waals surface area contributed by atoms with Crippen molar-refractivity contribution in [1.29, 1.82) is 0 Å². The van der Waals surface area contributed by atoms with Gasteiger partial charge in [-0.2, -0.15) is 0 Å². The molecule has 106 valence electrons. The fraction of sp³-hybridized carbons (Fsp3) is 1.00. The third-order valence-corrected chi connectivity index (χ3v) is 5.43. The van der Waals surface area contributed by atoms with Gasteiger partial charge in [0.15, 0.2) is 0 Å². The summed E-state index contributed by atoms with van der Waals surface area (Å²) in [5, 5.41) is 3.77. The van der Waals surface area contributed by atoms with Gasteiger partial charge >= 0.3 is 0 Å². The molecule has 0 aromatic heterocycles. The van der Waals surface area contributed by atoms with E-state index in [4.69, 9.17) is 0 Å². The summed E-state index contributed by atoms with van der Waals surface area (Å²) in [6.07, 6.45) is 16.4. The second-order valence-corrected chi connectivity index (χ2v) is 7.15. The van der Waals surface area contributed by atoms with E-state index in [9.17, 15) is 0 Å². The zero-order valence-electron chi connectivity index (χ0n) is 12.6. The van der Waals surface area contributed by atoms with E-state index in [-0.39, 0.29) is 0 Å². The third kappa shape index (κ3) is 3.73. The van der Waals surface area contributed by atoms with Crippen molar-refractivity contribution < 1.29 is 0 Å². The normalized spacial score (nSPS) is 26.2. The maximum atomic E-state index is 3.77. The van der Waals surface area contributed by atoms with Crippen molar-refractivity contribution in [3.05, 3.63) is 0 Å². The molecule has 0 atom stereocenters. The van der Waals surface area contributed by atoms with E-state index in [1.165, 1.54) is 77.2 Å². The molecule has 2 saturated carbocycles. The summed E-state index contributed by atoms with van der Waals surface area (Å²) in [6.45, 7) is 5.88. The molecule has 0 amide bonds. The zero-order chi connectivity index (χ0) is 12.8. The summed E-state index contributed by atoms with van der Waals surface area (Å²) < 4.78 is 0. The highest BCUT2D eigenvalue weighted by atomic mass is 14.9. The van der Waals surface area contributed by atoms with Crippen molar-refractivity contribution >= 4 is 0 Å². The van der Waals surface area contributed by atoms with Crippen LogP contribution < -0.4 is 5.32 Å². The highest BCUT2D eigenvalue weighted by Crippen LogP contribution is 2.47. The first-order valence-corrected chi connectivity index (χ1v) is 8.46. The monoisotopic (exact) mass is 251 g/mol. The second-order valence-electron chi connectivity index (χ2n) is 7.15. The van der Waals surface area contributed by atoms with Gasteiger partial charge in [-0.1, -0.05) is 58.8 Å². The van der Waals surface area contributed by atoms with Gasteiger partial charge in [0, 0.05) is 12.6 Å².